The normalized spacial score (nSPS) is 15.2. The molecule has 2 heterocycles. The van der Waals surface area contributed by atoms with Gasteiger partial charge in [-0.25, -0.2) is 0 Å². The Morgan fingerprint density at radius 3 is 2.67 bits per heavy atom. The second-order valence-electron chi connectivity index (χ2n) is 6.80. The van der Waals surface area contributed by atoms with E-state index in [0.717, 1.165) is 36.5 Å². The number of piperidine rings is 1. The summed E-state index contributed by atoms with van der Waals surface area (Å²) in [5.74, 6) is -0.629. The molecule has 1 aromatic carbocycles. The van der Waals surface area contributed by atoms with Crippen LogP contribution in [0.25, 0.3) is 0 Å². The number of nitrogens with one attached hydrogen (secondary N) is 2. The molecule has 3 rings (SSSR count). The van der Waals surface area contributed by atoms with E-state index in [2.05, 4.69) is 15.5 Å². The van der Waals surface area contributed by atoms with Gasteiger partial charge in [0.25, 0.3) is 5.91 Å². The minimum Gasteiger partial charge on any atom is -0.376 e. The molecular formula is C20H26N4O2S. The fourth-order valence-corrected chi connectivity index (χ4v) is 4.05. The highest BCUT2D eigenvalue weighted by atomic mass is 32.1. The smallest absolute Gasteiger partial charge is 0.250 e. The maximum absolute atomic E-state index is 12.2. The Kier molecular flexibility index (Phi) is 6.34. The number of carbonyl (C=O) groups excluding carboxylic acids is 2. The molecule has 0 aliphatic carbocycles. The number of rotatable bonds is 7. The van der Waals surface area contributed by atoms with E-state index in [-0.39, 0.29) is 18.5 Å². The molecule has 27 heavy (non-hydrogen) atoms. The molecule has 4 N–H and O–H groups in total. The lowest BCUT2D eigenvalue weighted by Gasteiger charge is -2.29. The number of amides is 2. The molecule has 1 aliphatic rings. The summed E-state index contributed by atoms with van der Waals surface area (Å²) in [5.41, 5.74) is 7.57. The number of anilines is 2. The summed E-state index contributed by atoms with van der Waals surface area (Å²) >= 11 is 1.61. The van der Waals surface area contributed by atoms with Gasteiger partial charge >= 0.3 is 0 Å². The number of primary amides is 1. The van der Waals surface area contributed by atoms with E-state index >= 15 is 0 Å². The molecule has 6 nitrogen and oxygen atoms in total. The monoisotopic (exact) mass is 386 g/mol. The zero-order chi connectivity index (χ0) is 19.2. The summed E-state index contributed by atoms with van der Waals surface area (Å²) < 4.78 is 0. The lowest BCUT2D eigenvalue weighted by Crippen LogP contribution is -2.32. The lowest BCUT2D eigenvalue weighted by atomic mass is 10.1. The Hall–Kier alpha value is -2.54. The van der Waals surface area contributed by atoms with Crippen molar-refractivity contribution < 1.29 is 9.59 Å². The second kappa shape index (κ2) is 8.90. The van der Waals surface area contributed by atoms with Crippen molar-refractivity contribution in [1.29, 1.82) is 0 Å². The molecule has 144 valence electrons. The van der Waals surface area contributed by atoms with Gasteiger partial charge in [-0.1, -0.05) is 6.07 Å². The van der Waals surface area contributed by atoms with Crippen molar-refractivity contribution in [1.82, 2.24) is 5.32 Å². The van der Waals surface area contributed by atoms with E-state index < -0.39 is 5.91 Å². The number of nitrogens with two attached hydrogens (primary N) is 1. The Labute approximate surface area is 163 Å². The third kappa shape index (κ3) is 5.01. The Morgan fingerprint density at radius 1 is 1.22 bits per heavy atom. The van der Waals surface area contributed by atoms with E-state index in [4.69, 9.17) is 5.73 Å². The topological polar surface area (TPSA) is 87.5 Å². The van der Waals surface area contributed by atoms with Crippen LogP contribution in [-0.2, 0) is 4.79 Å². The molecule has 0 radical (unpaired) electrons. The summed E-state index contributed by atoms with van der Waals surface area (Å²) in [6, 6.07) is 9.54. The molecule has 1 fully saturated rings. The number of thiophene rings is 1. The summed E-state index contributed by atoms with van der Waals surface area (Å²) in [6.07, 6.45) is 3.57. The number of carbonyl (C=O) groups is 2. The van der Waals surface area contributed by atoms with Crippen LogP contribution in [0.3, 0.4) is 0 Å². The van der Waals surface area contributed by atoms with Crippen molar-refractivity contribution in [2.24, 2.45) is 5.73 Å². The maximum Gasteiger partial charge on any atom is 0.250 e. The average Bonchev–Trinajstić information content (AvgIpc) is 3.22. The van der Waals surface area contributed by atoms with Gasteiger partial charge in [0.1, 0.15) is 0 Å². The van der Waals surface area contributed by atoms with Crippen LogP contribution < -0.4 is 21.3 Å². The first-order valence-corrected chi connectivity index (χ1v) is 10.2. The quantitative estimate of drug-likeness (QED) is 0.682. The van der Waals surface area contributed by atoms with Gasteiger partial charge in [0, 0.05) is 29.3 Å². The second-order valence-corrected chi connectivity index (χ2v) is 7.78. The van der Waals surface area contributed by atoms with Crippen molar-refractivity contribution in [3.63, 3.8) is 0 Å². The predicted octanol–water partition coefficient (Wildman–Crippen LogP) is 3.13. The molecular weight excluding hydrogens is 360 g/mol. The maximum atomic E-state index is 12.2. The van der Waals surface area contributed by atoms with Gasteiger partial charge in [0.2, 0.25) is 5.91 Å². The number of hydrogen-bond acceptors (Lipinski definition) is 5. The van der Waals surface area contributed by atoms with Crippen LogP contribution in [0.1, 0.15) is 47.5 Å². The van der Waals surface area contributed by atoms with Crippen LogP contribution in [0.2, 0.25) is 0 Å². The zero-order valence-electron chi connectivity index (χ0n) is 15.5. The third-order valence-electron chi connectivity index (χ3n) is 4.78. The van der Waals surface area contributed by atoms with E-state index in [1.165, 1.54) is 6.42 Å². The van der Waals surface area contributed by atoms with Gasteiger partial charge in [0.15, 0.2) is 0 Å². The van der Waals surface area contributed by atoms with Crippen LogP contribution in [0.15, 0.2) is 35.7 Å². The molecule has 1 atom stereocenters. The highest BCUT2D eigenvalue weighted by molar-refractivity contribution is 7.10. The van der Waals surface area contributed by atoms with Gasteiger partial charge in [-0.15, -0.1) is 11.3 Å². The SMILES string of the molecule is CC(NC(=O)CNc1ccc(N2CCCCC2)cc1C(N)=O)c1cccs1. The first-order valence-electron chi connectivity index (χ1n) is 9.30. The van der Waals surface area contributed by atoms with E-state index in [1.54, 1.807) is 11.3 Å². The highest BCUT2D eigenvalue weighted by Crippen LogP contribution is 2.25. The third-order valence-corrected chi connectivity index (χ3v) is 5.83. The molecule has 2 aromatic rings. The van der Waals surface area contributed by atoms with Crippen molar-refractivity contribution in [3.05, 3.63) is 46.2 Å². The van der Waals surface area contributed by atoms with Crippen LogP contribution >= 0.6 is 11.3 Å². The number of benzene rings is 1. The van der Waals surface area contributed by atoms with Gasteiger partial charge in [-0.3, -0.25) is 9.59 Å². The molecule has 1 unspecified atom stereocenters. The molecule has 1 aliphatic heterocycles. The average molecular weight is 387 g/mol. The van der Waals surface area contributed by atoms with Crippen LogP contribution in [0.4, 0.5) is 11.4 Å². The van der Waals surface area contributed by atoms with Crippen LogP contribution in [0.5, 0.6) is 0 Å². The van der Waals surface area contributed by atoms with Crippen molar-refractivity contribution >= 4 is 34.5 Å². The predicted molar refractivity (Wildman–Crippen MR) is 110 cm³/mol. The highest BCUT2D eigenvalue weighted by Gasteiger charge is 2.16. The fraction of sp³-hybridized carbons (Fsp3) is 0.400. The lowest BCUT2D eigenvalue weighted by molar-refractivity contribution is -0.120. The van der Waals surface area contributed by atoms with Gasteiger partial charge in [0.05, 0.1) is 18.2 Å². The number of hydrogen-bond donors (Lipinski definition) is 3. The summed E-state index contributed by atoms with van der Waals surface area (Å²) in [6.45, 7) is 4.02. The van der Waals surface area contributed by atoms with Crippen LogP contribution in [0, 0.1) is 0 Å². The largest absolute Gasteiger partial charge is 0.376 e. The summed E-state index contributed by atoms with van der Waals surface area (Å²) in [4.78, 5) is 27.5. The van der Waals surface area contributed by atoms with E-state index in [9.17, 15) is 9.59 Å². The molecule has 7 heteroatoms. The molecule has 0 spiro atoms. The van der Waals surface area contributed by atoms with Gasteiger partial charge in [-0.05, 0) is 55.8 Å². The Morgan fingerprint density at radius 2 is 2.00 bits per heavy atom. The van der Waals surface area contributed by atoms with Crippen molar-refractivity contribution in [2.75, 3.05) is 29.9 Å². The molecule has 1 saturated heterocycles. The standard InChI is InChI=1S/C20H26N4O2S/c1-14(18-6-5-11-27-18)23-19(25)13-22-17-8-7-15(12-16(17)20(21)26)24-9-3-2-4-10-24/h5-8,11-12,14,22H,2-4,9-10,13H2,1H3,(H2,21,26)(H,23,25). The van der Waals surface area contributed by atoms with Gasteiger partial charge in [-0.2, -0.15) is 0 Å². The first kappa shape index (κ1) is 19.2. The minimum absolute atomic E-state index is 0.0450. The van der Waals surface area contributed by atoms with E-state index in [0.29, 0.717) is 11.3 Å². The van der Waals surface area contributed by atoms with Gasteiger partial charge < -0.3 is 21.3 Å². The first-order chi connectivity index (χ1) is 13.0. The van der Waals surface area contributed by atoms with E-state index in [1.807, 2.05) is 42.6 Å². The van der Waals surface area contributed by atoms with Crippen molar-refractivity contribution in [3.8, 4) is 0 Å². The van der Waals surface area contributed by atoms with Crippen molar-refractivity contribution in [2.45, 2.75) is 32.2 Å². The number of nitrogens with zero attached hydrogens (tertiary/aromatic N) is 1. The molecule has 0 bridgehead atoms. The van der Waals surface area contributed by atoms with Crippen LogP contribution in [-0.4, -0.2) is 31.4 Å². The molecule has 2 amide bonds. The molecule has 1 aromatic heterocycles. The Bertz CT molecular complexity index is 785. The Balaban J connectivity index is 1.63. The summed E-state index contributed by atoms with van der Waals surface area (Å²) in [5, 5.41) is 7.98. The fourth-order valence-electron chi connectivity index (χ4n) is 3.32. The minimum atomic E-state index is -0.497. The molecule has 0 saturated carbocycles. The summed E-state index contributed by atoms with van der Waals surface area (Å²) in [7, 11) is 0. The zero-order valence-corrected chi connectivity index (χ0v) is 16.3.